The van der Waals surface area contributed by atoms with E-state index in [-0.39, 0.29) is 0 Å². The summed E-state index contributed by atoms with van der Waals surface area (Å²) in [6.45, 7) is 4.56. The molecule has 0 amide bonds. The van der Waals surface area contributed by atoms with Crippen LogP contribution in [0, 0.1) is 0 Å². The normalized spacial score (nSPS) is 11.1. The van der Waals surface area contributed by atoms with Crippen LogP contribution in [-0.2, 0) is 12.8 Å². The molecule has 1 aromatic rings. The van der Waals surface area contributed by atoms with Gasteiger partial charge >= 0.3 is 0 Å². The molecule has 0 saturated heterocycles. The van der Waals surface area contributed by atoms with E-state index in [1.807, 2.05) is 0 Å². The molecule has 0 radical (unpaired) electrons. The van der Waals surface area contributed by atoms with Crippen LogP contribution in [0.25, 0.3) is 0 Å². The zero-order chi connectivity index (χ0) is 15.2. The SMILES string of the molecule is CCCCCCCCc1ccc(CCCCCCCC)[nH]1. The maximum atomic E-state index is 3.62. The molecular formula is C20H37N. The Morgan fingerprint density at radius 3 is 1.38 bits per heavy atom. The fraction of sp³-hybridized carbons (Fsp3) is 0.800. The average Bonchev–Trinajstić information content (AvgIpc) is 2.94. The molecule has 0 aliphatic rings. The zero-order valence-electron chi connectivity index (χ0n) is 14.6. The van der Waals surface area contributed by atoms with Gasteiger partial charge in [-0.15, -0.1) is 0 Å². The summed E-state index contributed by atoms with van der Waals surface area (Å²) in [4.78, 5) is 3.62. The van der Waals surface area contributed by atoms with E-state index >= 15 is 0 Å². The van der Waals surface area contributed by atoms with E-state index in [0.29, 0.717) is 0 Å². The highest BCUT2D eigenvalue weighted by Gasteiger charge is 2.00. The number of rotatable bonds is 14. The Bertz CT molecular complexity index is 296. The molecule has 1 aromatic heterocycles. The van der Waals surface area contributed by atoms with Crippen LogP contribution in [0.15, 0.2) is 12.1 Å². The van der Waals surface area contributed by atoms with Gasteiger partial charge in [-0.05, 0) is 37.8 Å². The lowest BCUT2D eigenvalue weighted by atomic mass is 10.1. The number of unbranched alkanes of at least 4 members (excludes halogenated alkanes) is 10. The largest absolute Gasteiger partial charge is 0.362 e. The second-order valence-corrected chi connectivity index (χ2v) is 6.54. The van der Waals surface area contributed by atoms with Crippen molar-refractivity contribution in [1.82, 2.24) is 4.98 Å². The van der Waals surface area contributed by atoms with Crippen molar-refractivity contribution in [2.75, 3.05) is 0 Å². The molecule has 1 heterocycles. The molecule has 21 heavy (non-hydrogen) atoms. The van der Waals surface area contributed by atoms with E-state index in [9.17, 15) is 0 Å². The van der Waals surface area contributed by atoms with Crippen LogP contribution in [0.1, 0.15) is 102 Å². The monoisotopic (exact) mass is 291 g/mol. The van der Waals surface area contributed by atoms with Crippen molar-refractivity contribution in [2.24, 2.45) is 0 Å². The Labute approximate surface area is 132 Å². The van der Waals surface area contributed by atoms with E-state index in [0.717, 1.165) is 0 Å². The van der Waals surface area contributed by atoms with Crippen LogP contribution in [0.5, 0.6) is 0 Å². The minimum absolute atomic E-state index is 1.24. The number of hydrogen-bond acceptors (Lipinski definition) is 0. The Kier molecular flexibility index (Phi) is 11.3. The highest BCUT2D eigenvalue weighted by Crippen LogP contribution is 2.12. The minimum Gasteiger partial charge on any atom is -0.362 e. The van der Waals surface area contributed by atoms with Gasteiger partial charge in [0.05, 0.1) is 0 Å². The average molecular weight is 292 g/mol. The third kappa shape index (κ3) is 9.77. The Hall–Kier alpha value is -0.720. The van der Waals surface area contributed by atoms with Gasteiger partial charge in [-0.2, -0.15) is 0 Å². The molecule has 0 spiro atoms. The van der Waals surface area contributed by atoms with Gasteiger partial charge in [-0.1, -0.05) is 78.1 Å². The lowest BCUT2D eigenvalue weighted by Gasteiger charge is -2.01. The van der Waals surface area contributed by atoms with E-state index < -0.39 is 0 Å². The van der Waals surface area contributed by atoms with Gasteiger partial charge in [0.2, 0.25) is 0 Å². The van der Waals surface area contributed by atoms with Gasteiger partial charge < -0.3 is 4.98 Å². The molecule has 0 unspecified atom stereocenters. The van der Waals surface area contributed by atoms with Gasteiger partial charge in [-0.25, -0.2) is 0 Å². The van der Waals surface area contributed by atoms with Crippen molar-refractivity contribution in [3.05, 3.63) is 23.5 Å². The molecular weight excluding hydrogens is 254 g/mol. The highest BCUT2D eigenvalue weighted by atomic mass is 14.7. The van der Waals surface area contributed by atoms with Crippen molar-refractivity contribution < 1.29 is 0 Å². The van der Waals surface area contributed by atoms with Gasteiger partial charge in [-0.3, -0.25) is 0 Å². The summed E-state index contributed by atoms with van der Waals surface area (Å²) in [6, 6.07) is 4.61. The first-order valence-electron chi connectivity index (χ1n) is 9.53. The summed E-state index contributed by atoms with van der Waals surface area (Å²) < 4.78 is 0. The van der Waals surface area contributed by atoms with E-state index in [1.165, 1.54) is 101 Å². The topological polar surface area (TPSA) is 15.8 Å². The van der Waals surface area contributed by atoms with Gasteiger partial charge in [0, 0.05) is 11.4 Å². The summed E-state index contributed by atoms with van der Waals surface area (Å²) in [7, 11) is 0. The third-order valence-corrected chi connectivity index (χ3v) is 4.41. The molecule has 0 aliphatic carbocycles. The Morgan fingerprint density at radius 2 is 0.952 bits per heavy atom. The molecule has 0 bridgehead atoms. The van der Waals surface area contributed by atoms with Gasteiger partial charge in [0.15, 0.2) is 0 Å². The van der Waals surface area contributed by atoms with E-state index in [1.54, 1.807) is 0 Å². The van der Waals surface area contributed by atoms with Crippen LogP contribution in [0.2, 0.25) is 0 Å². The van der Waals surface area contributed by atoms with Crippen LogP contribution in [0.3, 0.4) is 0 Å². The predicted octanol–water partition coefficient (Wildman–Crippen LogP) is 6.82. The smallest absolute Gasteiger partial charge is 0.0149 e. The summed E-state index contributed by atoms with van der Waals surface area (Å²) in [5.74, 6) is 0. The lowest BCUT2D eigenvalue weighted by Crippen LogP contribution is -1.90. The molecule has 0 saturated carbocycles. The molecule has 1 nitrogen and oxygen atoms in total. The standard InChI is InChI=1S/C20H37N/c1-3-5-7-9-11-13-15-19-17-18-20(21-19)16-14-12-10-8-6-4-2/h17-18,21H,3-16H2,1-2H3. The Balaban J connectivity index is 2.01. The van der Waals surface area contributed by atoms with E-state index in [4.69, 9.17) is 0 Å². The number of nitrogens with one attached hydrogen (secondary N) is 1. The highest BCUT2D eigenvalue weighted by molar-refractivity contribution is 5.13. The molecule has 1 N–H and O–H groups in total. The van der Waals surface area contributed by atoms with Gasteiger partial charge in [0.25, 0.3) is 0 Å². The first-order valence-corrected chi connectivity index (χ1v) is 9.53. The number of H-pyrrole nitrogens is 1. The van der Waals surface area contributed by atoms with Crippen molar-refractivity contribution in [1.29, 1.82) is 0 Å². The predicted molar refractivity (Wildman–Crippen MR) is 95.0 cm³/mol. The number of aromatic amines is 1. The summed E-state index contributed by atoms with van der Waals surface area (Å²) in [5.41, 5.74) is 2.90. The van der Waals surface area contributed by atoms with Crippen LogP contribution in [0.4, 0.5) is 0 Å². The summed E-state index contributed by atoms with van der Waals surface area (Å²) >= 11 is 0. The molecule has 1 heteroatoms. The number of hydrogen-bond donors (Lipinski definition) is 1. The van der Waals surface area contributed by atoms with Crippen molar-refractivity contribution >= 4 is 0 Å². The fourth-order valence-corrected chi connectivity index (χ4v) is 2.97. The molecule has 122 valence electrons. The molecule has 0 fully saturated rings. The van der Waals surface area contributed by atoms with Crippen LogP contribution < -0.4 is 0 Å². The number of aromatic nitrogens is 1. The van der Waals surface area contributed by atoms with Crippen LogP contribution in [-0.4, -0.2) is 4.98 Å². The molecule has 0 atom stereocenters. The zero-order valence-corrected chi connectivity index (χ0v) is 14.6. The van der Waals surface area contributed by atoms with Crippen molar-refractivity contribution in [3.63, 3.8) is 0 Å². The lowest BCUT2D eigenvalue weighted by molar-refractivity contribution is 0.601. The van der Waals surface area contributed by atoms with Gasteiger partial charge in [0.1, 0.15) is 0 Å². The summed E-state index contributed by atoms with van der Waals surface area (Å²) in [6.07, 6.45) is 19.1. The summed E-state index contributed by atoms with van der Waals surface area (Å²) in [5, 5.41) is 0. The van der Waals surface area contributed by atoms with E-state index in [2.05, 4.69) is 31.0 Å². The number of aryl methyl sites for hydroxylation is 2. The first-order chi connectivity index (χ1) is 10.4. The maximum Gasteiger partial charge on any atom is 0.0149 e. The second-order valence-electron chi connectivity index (χ2n) is 6.54. The van der Waals surface area contributed by atoms with Crippen molar-refractivity contribution in [2.45, 2.75) is 104 Å². The molecule has 0 aliphatic heterocycles. The maximum absolute atomic E-state index is 3.62. The minimum atomic E-state index is 1.24. The van der Waals surface area contributed by atoms with Crippen molar-refractivity contribution in [3.8, 4) is 0 Å². The second kappa shape index (κ2) is 13.0. The Morgan fingerprint density at radius 1 is 0.571 bits per heavy atom. The molecule has 0 aromatic carbocycles. The van der Waals surface area contributed by atoms with Crippen LogP contribution >= 0.6 is 0 Å². The fourth-order valence-electron chi connectivity index (χ4n) is 2.97. The molecule has 1 rings (SSSR count). The first kappa shape index (κ1) is 18.3. The third-order valence-electron chi connectivity index (χ3n) is 4.41. The quantitative estimate of drug-likeness (QED) is 0.362.